The highest BCUT2D eigenvalue weighted by atomic mass is 32.1. The zero-order valence-corrected chi connectivity index (χ0v) is 14.3. The minimum atomic E-state index is -0.603. The molecule has 1 N–H and O–H groups in total. The van der Waals surface area contributed by atoms with Gasteiger partial charge >= 0.3 is 6.09 Å². The Morgan fingerprint density at radius 2 is 2.08 bits per heavy atom. The van der Waals surface area contributed by atoms with E-state index >= 15 is 0 Å². The van der Waals surface area contributed by atoms with Crippen LogP contribution >= 0.6 is 11.3 Å². The Balaban J connectivity index is 1.48. The van der Waals surface area contributed by atoms with E-state index in [0.29, 0.717) is 13.1 Å². The summed E-state index contributed by atoms with van der Waals surface area (Å²) in [5, 5.41) is 4.67. The van der Waals surface area contributed by atoms with Crippen molar-refractivity contribution in [2.45, 2.75) is 32.5 Å². The standard InChI is InChI=1S/C18H20N2O3S/c1-13(19-18(22)23-12-14-5-3-2-4-6-14)17(21)20-9-7-16-15(11-20)8-10-24-16/h2-6,8,10,13H,7,9,11-12H2,1H3,(H,19,22)/t13-/m0/s1. The first-order chi connectivity index (χ1) is 11.6. The van der Waals surface area contributed by atoms with Gasteiger partial charge in [-0.3, -0.25) is 4.79 Å². The summed E-state index contributed by atoms with van der Waals surface area (Å²) in [6, 6.07) is 10.9. The van der Waals surface area contributed by atoms with E-state index in [9.17, 15) is 9.59 Å². The van der Waals surface area contributed by atoms with Gasteiger partial charge in [0.15, 0.2) is 0 Å². The molecule has 6 heteroatoms. The average Bonchev–Trinajstić information content (AvgIpc) is 3.07. The molecule has 0 unspecified atom stereocenters. The van der Waals surface area contributed by atoms with Crippen LogP contribution in [-0.2, 0) is 29.1 Å². The molecule has 24 heavy (non-hydrogen) atoms. The first-order valence-electron chi connectivity index (χ1n) is 7.94. The number of alkyl carbamates (subject to hydrolysis) is 1. The predicted octanol–water partition coefficient (Wildman–Crippen LogP) is 2.95. The molecule has 2 amide bonds. The van der Waals surface area contributed by atoms with Crippen LogP contribution in [0.5, 0.6) is 0 Å². The number of amides is 2. The first-order valence-corrected chi connectivity index (χ1v) is 8.82. The lowest BCUT2D eigenvalue weighted by Crippen LogP contribution is -2.48. The van der Waals surface area contributed by atoms with Crippen molar-refractivity contribution in [3.05, 3.63) is 57.8 Å². The number of carbonyl (C=O) groups excluding carboxylic acids is 2. The second-order valence-electron chi connectivity index (χ2n) is 5.81. The number of carbonyl (C=O) groups is 2. The molecule has 0 aliphatic carbocycles. The zero-order valence-electron chi connectivity index (χ0n) is 13.5. The Bertz CT molecular complexity index is 714. The highest BCUT2D eigenvalue weighted by Gasteiger charge is 2.26. The SMILES string of the molecule is C[C@H](NC(=O)OCc1ccccc1)C(=O)N1CCc2sccc2C1. The molecule has 1 atom stereocenters. The number of thiophene rings is 1. The Kier molecular flexibility index (Phi) is 5.15. The van der Waals surface area contributed by atoms with Crippen molar-refractivity contribution >= 4 is 23.3 Å². The van der Waals surface area contributed by atoms with Crippen LogP contribution in [0.2, 0.25) is 0 Å². The van der Waals surface area contributed by atoms with Gasteiger partial charge in [0.05, 0.1) is 0 Å². The monoisotopic (exact) mass is 344 g/mol. The first kappa shape index (κ1) is 16.5. The van der Waals surface area contributed by atoms with E-state index in [4.69, 9.17) is 4.74 Å². The molecular formula is C18H20N2O3S. The Hall–Kier alpha value is -2.34. The van der Waals surface area contributed by atoms with Crippen molar-refractivity contribution in [1.29, 1.82) is 0 Å². The van der Waals surface area contributed by atoms with E-state index in [1.165, 1.54) is 10.4 Å². The maximum absolute atomic E-state index is 12.5. The largest absolute Gasteiger partial charge is 0.445 e. The molecule has 1 aromatic carbocycles. The van der Waals surface area contributed by atoms with Gasteiger partial charge in [0.1, 0.15) is 12.6 Å². The van der Waals surface area contributed by atoms with Crippen LogP contribution in [0.25, 0.3) is 0 Å². The van der Waals surface area contributed by atoms with Gasteiger partial charge in [0, 0.05) is 18.0 Å². The summed E-state index contributed by atoms with van der Waals surface area (Å²) in [6.07, 6.45) is 0.303. The third-order valence-electron chi connectivity index (χ3n) is 4.04. The summed E-state index contributed by atoms with van der Waals surface area (Å²) in [5.74, 6) is -0.0801. The number of ether oxygens (including phenoxy) is 1. The summed E-state index contributed by atoms with van der Waals surface area (Å²) in [5.41, 5.74) is 2.12. The van der Waals surface area contributed by atoms with Crippen LogP contribution in [0, 0.1) is 0 Å². The molecule has 2 aromatic rings. The summed E-state index contributed by atoms with van der Waals surface area (Å²) in [7, 11) is 0. The Morgan fingerprint density at radius 3 is 2.88 bits per heavy atom. The third-order valence-corrected chi connectivity index (χ3v) is 5.06. The van der Waals surface area contributed by atoms with Gasteiger partial charge in [-0.15, -0.1) is 11.3 Å². The fourth-order valence-electron chi connectivity index (χ4n) is 2.71. The molecule has 2 heterocycles. The maximum Gasteiger partial charge on any atom is 0.408 e. The van der Waals surface area contributed by atoms with Gasteiger partial charge in [0.25, 0.3) is 0 Å². The molecule has 126 valence electrons. The van der Waals surface area contributed by atoms with E-state index in [2.05, 4.69) is 16.8 Å². The number of fused-ring (bicyclic) bond motifs is 1. The number of rotatable bonds is 4. The van der Waals surface area contributed by atoms with Gasteiger partial charge in [0.2, 0.25) is 5.91 Å². The molecule has 0 spiro atoms. The second-order valence-corrected chi connectivity index (χ2v) is 6.81. The van der Waals surface area contributed by atoms with Crippen LogP contribution in [-0.4, -0.2) is 29.5 Å². The minimum Gasteiger partial charge on any atom is -0.445 e. The van der Waals surface area contributed by atoms with Crippen molar-refractivity contribution in [2.75, 3.05) is 6.54 Å². The second kappa shape index (κ2) is 7.49. The summed E-state index contributed by atoms with van der Waals surface area (Å²) in [4.78, 5) is 27.5. The minimum absolute atomic E-state index is 0.0801. The lowest BCUT2D eigenvalue weighted by Gasteiger charge is -2.29. The van der Waals surface area contributed by atoms with Gasteiger partial charge in [-0.1, -0.05) is 30.3 Å². The van der Waals surface area contributed by atoms with Crippen molar-refractivity contribution < 1.29 is 14.3 Å². The number of benzene rings is 1. The van der Waals surface area contributed by atoms with E-state index < -0.39 is 12.1 Å². The smallest absolute Gasteiger partial charge is 0.408 e. The molecule has 0 fully saturated rings. The number of nitrogens with one attached hydrogen (secondary N) is 1. The van der Waals surface area contributed by atoms with Crippen LogP contribution in [0.3, 0.4) is 0 Å². The van der Waals surface area contributed by atoms with E-state index in [-0.39, 0.29) is 12.5 Å². The summed E-state index contributed by atoms with van der Waals surface area (Å²) >= 11 is 1.73. The summed E-state index contributed by atoms with van der Waals surface area (Å²) < 4.78 is 5.16. The van der Waals surface area contributed by atoms with Crippen LogP contribution < -0.4 is 5.32 Å². The maximum atomic E-state index is 12.5. The molecule has 0 radical (unpaired) electrons. The Labute approximate surface area is 145 Å². The molecule has 5 nitrogen and oxygen atoms in total. The van der Waals surface area contributed by atoms with Gasteiger partial charge in [-0.05, 0) is 35.9 Å². The summed E-state index contributed by atoms with van der Waals surface area (Å²) in [6.45, 7) is 3.19. The van der Waals surface area contributed by atoms with Crippen molar-refractivity contribution in [1.82, 2.24) is 10.2 Å². The van der Waals surface area contributed by atoms with Gasteiger partial charge in [-0.25, -0.2) is 4.79 Å². The van der Waals surface area contributed by atoms with E-state index in [1.54, 1.807) is 23.2 Å². The molecule has 0 saturated heterocycles. The van der Waals surface area contributed by atoms with Crippen LogP contribution in [0.15, 0.2) is 41.8 Å². The van der Waals surface area contributed by atoms with Crippen molar-refractivity contribution in [3.8, 4) is 0 Å². The zero-order chi connectivity index (χ0) is 16.9. The van der Waals surface area contributed by atoms with E-state index in [1.807, 2.05) is 30.3 Å². The quantitative estimate of drug-likeness (QED) is 0.928. The predicted molar refractivity (Wildman–Crippen MR) is 92.7 cm³/mol. The normalized spacial score (nSPS) is 14.6. The molecular weight excluding hydrogens is 324 g/mol. The fourth-order valence-corrected chi connectivity index (χ4v) is 3.60. The Morgan fingerprint density at radius 1 is 1.29 bits per heavy atom. The van der Waals surface area contributed by atoms with Crippen molar-refractivity contribution in [2.24, 2.45) is 0 Å². The highest BCUT2D eigenvalue weighted by molar-refractivity contribution is 7.10. The average molecular weight is 344 g/mol. The number of hydrogen-bond donors (Lipinski definition) is 1. The molecule has 1 aliphatic heterocycles. The van der Waals surface area contributed by atoms with Crippen LogP contribution in [0.1, 0.15) is 22.9 Å². The fraction of sp³-hybridized carbons (Fsp3) is 0.333. The highest BCUT2D eigenvalue weighted by Crippen LogP contribution is 2.24. The molecule has 1 aromatic heterocycles. The van der Waals surface area contributed by atoms with Gasteiger partial charge in [-0.2, -0.15) is 0 Å². The van der Waals surface area contributed by atoms with Crippen LogP contribution in [0.4, 0.5) is 4.79 Å². The number of nitrogens with zero attached hydrogens (tertiary/aromatic N) is 1. The number of hydrogen-bond acceptors (Lipinski definition) is 4. The molecule has 3 rings (SSSR count). The third kappa shape index (κ3) is 3.94. The lowest BCUT2D eigenvalue weighted by molar-refractivity contribution is -0.133. The molecule has 0 saturated carbocycles. The van der Waals surface area contributed by atoms with Gasteiger partial charge < -0.3 is 15.0 Å². The lowest BCUT2D eigenvalue weighted by atomic mass is 10.1. The molecule has 1 aliphatic rings. The van der Waals surface area contributed by atoms with Crippen molar-refractivity contribution in [3.63, 3.8) is 0 Å². The van der Waals surface area contributed by atoms with E-state index in [0.717, 1.165) is 12.0 Å². The molecule has 0 bridgehead atoms. The topological polar surface area (TPSA) is 58.6 Å².